The number of carbonyl (C=O) groups excluding carboxylic acids is 1. The zero-order valence-corrected chi connectivity index (χ0v) is 12.7. The van der Waals surface area contributed by atoms with E-state index in [1.807, 2.05) is 0 Å². The number of rotatable bonds is 2. The van der Waals surface area contributed by atoms with Gasteiger partial charge in [0, 0.05) is 23.7 Å². The summed E-state index contributed by atoms with van der Waals surface area (Å²) in [5.41, 5.74) is 6.57. The molecule has 0 aliphatic carbocycles. The van der Waals surface area contributed by atoms with E-state index in [0.717, 1.165) is 6.07 Å². The summed E-state index contributed by atoms with van der Waals surface area (Å²) < 4.78 is 32.7. The van der Waals surface area contributed by atoms with Gasteiger partial charge in [-0.05, 0) is 24.3 Å². The van der Waals surface area contributed by atoms with Crippen LogP contribution in [-0.4, -0.2) is 12.5 Å². The lowest BCUT2D eigenvalue weighted by atomic mass is 9.97. The van der Waals surface area contributed by atoms with Crippen LogP contribution in [-0.2, 0) is 0 Å². The topological polar surface area (TPSA) is 64.3 Å². The number of anilines is 1. The van der Waals surface area contributed by atoms with E-state index in [1.54, 1.807) is 0 Å². The average Bonchev–Trinajstić information content (AvgIpc) is 2.51. The van der Waals surface area contributed by atoms with Gasteiger partial charge in [-0.25, -0.2) is 8.78 Å². The number of carbonyl (C=O) groups is 1. The Bertz CT molecular complexity index is 783. The fraction of sp³-hybridized carbons (Fsp3) is 0.188. The smallest absolute Gasteiger partial charge is 0.262 e. The van der Waals surface area contributed by atoms with E-state index in [2.05, 4.69) is 5.32 Å². The predicted octanol–water partition coefficient (Wildman–Crippen LogP) is 3.65. The van der Waals surface area contributed by atoms with Gasteiger partial charge in [0.05, 0.1) is 11.6 Å². The van der Waals surface area contributed by atoms with Crippen LogP contribution in [0.5, 0.6) is 5.75 Å². The van der Waals surface area contributed by atoms with Crippen LogP contribution in [0.3, 0.4) is 0 Å². The highest BCUT2D eigenvalue weighted by atomic mass is 35.5. The van der Waals surface area contributed by atoms with Crippen LogP contribution in [0.4, 0.5) is 14.5 Å². The Morgan fingerprint density at radius 1 is 1.26 bits per heavy atom. The van der Waals surface area contributed by atoms with E-state index in [0.29, 0.717) is 18.6 Å². The van der Waals surface area contributed by atoms with Gasteiger partial charge in [0.1, 0.15) is 22.9 Å². The number of hydrogen-bond acceptors (Lipinski definition) is 3. The Hall–Kier alpha value is -2.18. The minimum absolute atomic E-state index is 0.142. The molecule has 120 valence electrons. The average molecular weight is 339 g/mol. The quantitative estimate of drug-likeness (QED) is 0.878. The van der Waals surface area contributed by atoms with E-state index in [1.165, 1.54) is 24.3 Å². The molecule has 4 nitrogen and oxygen atoms in total. The van der Waals surface area contributed by atoms with Gasteiger partial charge in [0.15, 0.2) is 0 Å². The van der Waals surface area contributed by atoms with Crippen molar-refractivity contribution in [3.63, 3.8) is 0 Å². The molecule has 1 heterocycles. The summed E-state index contributed by atoms with van der Waals surface area (Å²) in [4.78, 5) is 12.4. The minimum atomic E-state index is -0.719. The number of fused-ring (bicyclic) bond motifs is 1. The summed E-state index contributed by atoms with van der Waals surface area (Å²) in [7, 11) is 0. The third kappa shape index (κ3) is 3.00. The van der Waals surface area contributed by atoms with Crippen molar-refractivity contribution in [3.8, 4) is 5.75 Å². The van der Waals surface area contributed by atoms with Crippen LogP contribution >= 0.6 is 11.6 Å². The number of nitrogens with one attached hydrogen (secondary N) is 1. The first kappa shape index (κ1) is 15.7. The van der Waals surface area contributed by atoms with Gasteiger partial charge < -0.3 is 15.8 Å². The molecule has 2 aromatic carbocycles. The summed E-state index contributed by atoms with van der Waals surface area (Å²) in [5.74, 6) is -1.89. The molecule has 1 amide bonds. The highest BCUT2D eigenvalue weighted by Crippen LogP contribution is 2.35. The summed E-state index contributed by atoms with van der Waals surface area (Å²) >= 11 is 5.67. The van der Waals surface area contributed by atoms with Gasteiger partial charge in [-0.1, -0.05) is 17.7 Å². The predicted molar refractivity (Wildman–Crippen MR) is 82.8 cm³/mol. The molecule has 23 heavy (non-hydrogen) atoms. The molecule has 2 aromatic rings. The zero-order valence-electron chi connectivity index (χ0n) is 11.9. The molecular formula is C16H13ClF2N2O2. The van der Waals surface area contributed by atoms with Crippen molar-refractivity contribution in [2.75, 3.05) is 11.9 Å². The molecule has 1 atom stereocenters. The lowest BCUT2D eigenvalue weighted by Gasteiger charge is -2.25. The fourth-order valence-electron chi connectivity index (χ4n) is 2.44. The molecule has 0 bridgehead atoms. The number of halogens is 3. The molecule has 1 aliphatic rings. The Morgan fingerprint density at radius 2 is 2.00 bits per heavy atom. The van der Waals surface area contributed by atoms with Gasteiger partial charge >= 0.3 is 0 Å². The van der Waals surface area contributed by atoms with Crippen molar-refractivity contribution >= 4 is 23.2 Å². The molecule has 0 unspecified atom stereocenters. The van der Waals surface area contributed by atoms with Crippen molar-refractivity contribution < 1.29 is 18.3 Å². The fourth-order valence-corrected chi connectivity index (χ4v) is 2.63. The molecule has 0 fully saturated rings. The van der Waals surface area contributed by atoms with Crippen LogP contribution in [0, 0.1) is 11.6 Å². The zero-order chi connectivity index (χ0) is 16.6. The maximum atomic E-state index is 14.1. The number of benzene rings is 2. The third-order valence-corrected chi connectivity index (χ3v) is 3.91. The number of ether oxygens (including phenoxy) is 1. The largest absolute Gasteiger partial charge is 0.492 e. The molecule has 7 heteroatoms. The highest BCUT2D eigenvalue weighted by Gasteiger charge is 2.27. The van der Waals surface area contributed by atoms with E-state index in [-0.39, 0.29) is 28.1 Å². The Balaban J connectivity index is 1.96. The van der Waals surface area contributed by atoms with E-state index >= 15 is 0 Å². The maximum absolute atomic E-state index is 14.1. The third-order valence-electron chi connectivity index (χ3n) is 3.62. The number of amides is 1. The molecule has 0 spiro atoms. The number of hydrogen-bond donors (Lipinski definition) is 2. The molecule has 1 aliphatic heterocycles. The van der Waals surface area contributed by atoms with Crippen molar-refractivity contribution in [3.05, 3.63) is 58.1 Å². The van der Waals surface area contributed by atoms with Gasteiger partial charge in [-0.15, -0.1) is 0 Å². The normalized spacial score (nSPS) is 16.4. The molecule has 0 aromatic heterocycles. The van der Waals surface area contributed by atoms with Gasteiger partial charge in [-0.3, -0.25) is 4.79 Å². The van der Waals surface area contributed by atoms with Crippen LogP contribution in [0.25, 0.3) is 0 Å². The standard InChI is InChI=1S/C16H13ClF2N2O2/c17-10-7-8(1-3-11(10)18)21-16(22)14-12(19)4-2-9-13(20)5-6-23-15(9)14/h1-4,7,13H,5-6,20H2,(H,21,22)/t13-/m0/s1. The Kier molecular flexibility index (Phi) is 4.19. The van der Waals surface area contributed by atoms with Crippen LogP contribution in [0.1, 0.15) is 28.4 Å². The second-order valence-corrected chi connectivity index (χ2v) is 5.57. The lowest BCUT2D eigenvalue weighted by molar-refractivity contribution is 0.101. The second kappa shape index (κ2) is 6.14. The van der Waals surface area contributed by atoms with E-state index < -0.39 is 17.5 Å². The monoisotopic (exact) mass is 338 g/mol. The molecule has 3 N–H and O–H groups in total. The van der Waals surface area contributed by atoms with Crippen molar-refractivity contribution in [1.82, 2.24) is 0 Å². The van der Waals surface area contributed by atoms with Crippen molar-refractivity contribution in [1.29, 1.82) is 0 Å². The van der Waals surface area contributed by atoms with E-state index in [9.17, 15) is 13.6 Å². The van der Waals surface area contributed by atoms with Gasteiger partial charge in [0.2, 0.25) is 0 Å². The SMILES string of the molecule is N[C@H]1CCOc2c1ccc(F)c2C(=O)Nc1ccc(F)c(Cl)c1. The first-order valence-corrected chi connectivity index (χ1v) is 7.32. The van der Waals surface area contributed by atoms with Crippen LogP contribution < -0.4 is 15.8 Å². The lowest BCUT2D eigenvalue weighted by Crippen LogP contribution is -2.24. The Labute approximate surface area is 136 Å². The first-order valence-electron chi connectivity index (χ1n) is 6.94. The number of nitrogens with two attached hydrogens (primary N) is 1. The van der Waals surface area contributed by atoms with Crippen LogP contribution in [0.15, 0.2) is 30.3 Å². The maximum Gasteiger partial charge on any atom is 0.262 e. The molecule has 0 saturated carbocycles. The second-order valence-electron chi connectivity index (χ2n) is 5.17. The first-order chi connectivity index (χ1) is 11.0. The summed E-state index contributed by atoms with van der Waals surface area (Å²) in [6.07, 6.45) is 0.591. The van der Waals surface area contributed by atoms with Gasteiger partial charge in [-0.2, -0.15) is 0 Å². The molecular weight excluding hydrogens is 326 g/mol. The Morgan fingerprint density at radius 3 is 2.74 bits per heavy atom. The van der Waals surface area contributed by atoms with E-state index in [4.69, 9.17) is 22.1 Å². The highest BCUT2D eigenvalue weighted by molar-refractivity contribution is 6.31. The van der Waals surface area contributed by atoms with Crippen LogP contribution in [0.2, 0.25) is 5.02 Å². The van der Waals surface area contributed by atoms with Crippen molar-refractivity contribution in [2.45, 2.75) is 12.5 Å². The summed E-state index contributed by atoms with van der Waals surface area (Å²) in [6, 6.07) is 6.07. The molecule has 3 rings (SSSR count). The minimum Gasteiger partial charge on any atom is -0.492 e. The summed E-state index contributed by atoms with van der Waals surface area (Å²) in [5, 5.41) is 2.34. The summed E-state index contributed by atoms with van der Waals surface area (Å²) in [6.45, 7) is 0.306. The van der Waals surface area contributed by atoms with Gasteiger partial charge in [0.25, 0.3) is 5.91 Å². The molecule has 0 saturated heterocycles. The van der Waals surface area contributed by atoms with Crippen molar-refractivity contribution in [2.24, 2.45) is 5.73 Å². The molecule has 0 radical (unpaired) electrons.